The van der Waals surface area contributed by atoms with Crippen LogP contribution in [0.5, 0.6) is 5.75 Å². The molecule has 0 spiro atoms. The lowest BCUT2D eigenvalue weighted by atomic mass is 10.1. The molecule has 1 amide bonds. The lowest BCUT2D eigenvalue weighted by Gasteiger charge is -2.21. The summed E-state index contributed by atoms with van der Waals surface area (Å²) < 4.78 is 5.95. The summed E-state index contributed by atoms with van der Waals surface area (Å²) in [6.45, 7) is 0.511. The molecule has 1 heterocycles. The van der Waals surface area contributed by atoms with Crippen LogP contribution in [0.25, 0.3) is 0 Å². The molecule has 1 N–H and O–H groups in total. The summed E-state index contributed by atoms with van der Waals surface area (Å²) in [5, 5.41) is 9.11. The van der Waals surface area contributed by atoms with Gasteiger partial charge in [0.15, 0.2) is 0 Å². The fourth-order valence-electron chi connectivity index (χ4n) is 2.40. The van der Waals surface area contributed by atoms with Gasteiger partial charge in [-0.3, -0.25) is 4.79 Å². The SMILES string of the molecule is COc1ccc(Br)c(CC(=O)N2CCCC2C(=O)O)c1. The van der Waals surface area contributed by atoms with Gasteiger partial charge in [-0.25, -0.2) is 4.79 Å². The van der Waals surface area contributed by atoms with Crippen molar-refractivity contribution >= 4 is 27.8 Å². The van der Waals surface area contributed by atoms with Crippen molar-refractivity contribution < 1.29 is 19.4 Å². The van der Waals surface area contributed by atoms with E-state index in [2.05, 4.69) is 15.9 Å². The third-order valence-electron chi connectivity index (χ3n) is 3.45. The van der Waals surface area contributed by atoms with Crippen molar-refractivity contribution in [3.8, 4) is 5.75 Å². The number of carboxylic acids is 1. The Morgan fingerprint density at radius 1 is 1.50 bits per heavy atom. The quantitative estimate of drug-likeness (QED) is 0.910. The first-order chi connectivity index (χ1) is 9.52. The molecule has 0 saturated carbocycles. The Morgan fingerprint density at radius 2 is 2.25 bits per heavy atom. The molecule has 0 aromatic heterocycles. The normalized spacial score (nSPS) is 18.1. The molecule has 2 rings (SSSR count). The van der Waals surface area contributed by atoms with E-state index in [0.717, 1.165) is 16.5 Å². The van der Waals surface area contributed by atoms with Gasteiger partial charge in [0.1, 0.15) is 11.8 Å². The van der Waals surface area contributed by atoms with Crippen LogP contribution in [0.15, 0.2) is 22.7 Å². The predicted octanol–water partition coefficient (Wildman–Crippen LogP) is 2.08. The van der Waals surface area contributed by atoms with Crippen LogP contribution < -0.4 is 4.74 Å². The largest absolute Gasteiger partial charge is 0.497 e. The molecule has 0 aliphatic carbocycles. The standard InChI is InChI=1S/C14H16BrNO4/c1-20-10-4-5-11(15)9(7-10)8-13(17)16-6-2-3-12(16)14(18)19/h4-5,7,12H,2-3,6,8H2,1H3,(H,18,19). The Kier molecular flexibility index (Phi) is 4.65. The van der Waals surface area contributed by atoms with Crippen LogP contribution in [0.4, 0.5) is 0 Å². The van der Waals surface area contributed by atoms with E-state index in [4.69, 9.17) is 9.84 Å². The number of ether oxygens (including phenoxy) is 1. The monoisotopic (exact) mass is 341 g/mol. The highest BCUT2D eigenvalue weighted by atomic mass is 79.9. The number of rotatable bonds is 4. The summed E-state index contributed by atoms with van der Waals surface area (Å²) in [6.07, 6.45) is 1.43. The summed E-state index contributed by atoms with van der Waals surface area (Å²) in [5.74, 6) is -0.420. The van der Waals surface area contributed by atoms with E-state index in [1.54, 1.807) is 19.2 Å². The molecule has 108 valence electrons. The number of methoxy groups -OCH3 is 1. The van der Waals surface area contributed by atoms with Gasteiger partial charge >= 0.3 is 5.97 Å². The topological polar surface area (TPSA) is 66.8 Å². The molecular formula is C14H16BrNO4. The molecule has 5 nitrogen and oxygen atoms in total. The second kappa shape index (κ2) is 6.26. The number of aliphatic carboxylic acids is 1. The van der Waals surface area contributed by atoms with Crippen LogP contribution in [0.3, 0.4) is 0 Å². The molecule has 6 heteroatoms. The summed E-state index contributed by atoms with van der Waals surface area (Å²) >= 11 is 3.40. The summed E-state index contributed by atoms with van der Waals surface area (Å²) in [7, 11) is 1.57. The van der Waals surface area contributed by atoms with Crippen molar-refractivity contribution in [1.29, 1.82) is 0 Å². The molecule has 1 aliphatic rings. The third kappa shape index (κ3) is 3.12. The number of halogens is 1. The van der Waals surface area contributed by atoms with Crippen molar-refractivity contribution in [3.63, 3.8) is 0 Å². The Bertz CT molecular complexity index is 532. The number of likely N-dealkylation sites (tertiary alicyclic amines) is 1. The smallest absolute Gasteiger partial charge is 0.326 e. The number of nitrogens with zero attached hydrogens (tertiary/aromatic N) is 1. The molecule has 1 atom stereocenters. The number of hydrogen-bond donors (Lipinski definition) is 1. The van der Waals surface area contributed by atoms with Gasteiger partial charge in [-0.1, -0.05) is 15.9 Å². The van der Waals surface area contributed by atoms with Crippen molar-refractivity contribution in [1.82, 2.24) is 4.90 Å². The van der Waals surface area contributed by atoms with Crippen molar-refractivity contribution in [2.24, 2.45) is 0 Å². The number of amides is 1. The molecule has 1 fully saturated rings. The minimum atomic E-state index is -0.930. The number of carbonyl (C=O) groups is 2. The minimum Gasteiger partial charge on any atom is -0.497 e. The summed E-state index contributed by atoms with van der Waals surface area (Å²) in [4.78, 5) is 24.8. The zero-order chi connectivity index (χ0) is 14.7. The number of carbonyl (C=O) groups excluding carboxylic acids is 1. The molecule has 0 bridgehead atoms. The van der Waals surface area contributed by atoms with E-state index in [9.17, 15) is 9.59 Å². The van der Waals surface area contributed by atoms with Gasteiger partial charge in [0.2, 0.25) is 5.91 Å². The maximum absolute atomic E-state index is 12.3. The molecular weight excluding hydrogens is 326 g/mol. The van der Waals surface area contributed by atoms with Crippen molar-refractivity contribution in [3.05, 3.63) is 28.2 Å². The Balaban J connectivity index is 2.13. The van der Waals surface area contributed by atoms with Gasteiger partial charge in [-0.05, 0) is 36.6 Å². The van der Waals surface area contributed by atoms with Gasteiger partial charge in [-0.2, -0.15) is 0 Å². The fourth-order valence-corrected chi connectivity index (χ4v) is 2.79. The highest BCUT2D eigenvalue weighted by molar-refractivity contribution is 9.10. The molecule has 20 heavy (non-hydrogen) atoms. The molecule has 1 aromatic carbocycles. The predicted molar refractivity (Wildman–Crippen MR) is 76.8 cm³/mol. The Morgan fingerprint density at radius 3 is 2.90 bits per heavy atom. The molecule has 0 radical (unpaired) electrons. The van der Waals surface area contributed by atoms with E-state index in [-0.39, 0.29) is 12.3 Å². The van der Waals surface area contributed by atoms with Crippen molar-refractivity contribution in [2.75, 3.05) is 13.7 Å². The van der Waals surface area contributed by atoms with Gasteiger partial charge in [-0.15, -0.1) is 0 Å². The molecule has 1 saturated heterocycles. The number of carboxylic acid groups (broad SMARTS) is 1. The van der Waals surface area contributed by atoms with Crippen LogP contribution in [0, 0.1) is 0 Å². The van der Waals surface area contributed by atoms with Gasteiger partial charge in [0, 0.05) is 11.0 Å². The Labute approximate surface area is 125 Å². The first-order valence-electron chi connectivity index (χ1n) is 6.37. The number of hydrogen-bond acceptors (Lipinski definition) is 3. The maximum atomic E-state index is 12.3. The van der Waals surface area contributed by atoms with Gasteiger partial charge in [0.25, 0.3) is 0 Å². The van der Waals surface area contributed by atoms with E-state index < -0.39 is 12.0 Å². The average Bonchev–Trinajstić information content (AvgIpc) is 2.90. The van der Waals surface area contributed by atoms with E-state index in [0.29, 0.717) is 18.7 Å². The second-order valence-corrected chi connectivity index (χ2v) is 5.57. The van der Waals surface area contributed by atoms with Gasteiger partial charge in [0.05, 0.1) is 13.5 Å². The van der Waals surface area contributed by atoms with Crippen LogP contribution in [-0.2, 0) is 16.0 Å². The minimum absolute atomic E-state index is 0.163. The summed E-state index contributed by atoms with van der Waals surface area (Å²) in [6, 6.07) is 4.72. The highest BCUT2D eigenvalue weighted by Crippen LogP contribution is 2.25. The molecule has 1 aromatic rings. The third-order valence-corrected chi connectivity index (χ3v) is 4.23. The zero-order valence-corrected chi connectivity index (χ0v) is 12.7. The first kappa shape index (κ1) is 14.8. The lowest BCUT2D eigenvalue weighted by Crippen LogP contribution is -2.41. The first-order valence-corrected chi connectivity index (χ1v) is 7.17. The summed E-state index contributed by atoms with van der Waals surface area (Å²) in [5.41, 5.74) is 0.797. The van der Waals surface area contributed by atoms with Gasteiger partial charge < -0.3 is 14.7 Å². The Hall–Kier alpha value is -1.56. The molecule has 1 aliphatic heterocycles. The van der Waals surface area contributed by atoms with E-state index in [1.807, 2.05) is 6.07 Å². The second-order valence-electron chi connectivity index (χ2n) is 4.72. The van der Waals surface area contributed by atoms with E-state index in [1.165, 1.54) is 4.90 Å². The van der Waals surface area contributed by atoms with Crippen LogP contribution >= 0.6 is 15.9 Å². The molecule has 1 unspecified atom stereocenters. The zero-order valence-electron chi connectivity index (χ0n) is 11.1. The average molecular weight is 342 g/mol. The highest BCUT2D eigenvalue weighted by Gasteiger charge is 2.33. The maximum Gasteiger partial charge on any atom is 0.326 e. The van der Waals surface area contributed by atoms with E-state index >= 15 is 0 Å². The van der Waals surface area contributed by atoms with Crippen LogP contribution in [0.2, 0.25) is 0 Å². The fraction of sp³-hybridized carbons (Fsp3) is 0.429. The van der Waals surface area contributed by atoms with Crippen LogP contribution in [0.1, 0.15) is 18.4 Å². The van der Waals surface area contributed by atoms with Crippen LogP contribution in [-0.4, -0.2) is 41.6 Å². The van der Waals surface area contributed by atoms with Crippen molar-refractivity contribution in [2.45, 2.75) is 25.3 Å². The lowest BCUT2D eigenvalue weighted by molar-refractivity contribution is -0.148. The number of benzene rings is 1.